The molecule has 0 spiro atoms. The Morgan fingerprint density at radius 2 is 1.83 bits per heavy atom. The summed E-state index contributed by atoms with van der Waals surface area (Å²) in [7, 11) is 1.30. The summed E-state index contributed by atoms with van der Waals surface area (Å²) in [5, 5.41) is 0. The Kier molecular flexibility index (Phi) is 8.26. The van der Waals surface area contributed by atoms with Gasteiger partial charge in [-0.2, -0.15) is 0 Å². The van der Waals surface area contributed by atoms with E-state index < -0.39 is 11.9 Å². The van der Waals surface area contributed by atoms with Crippen molar-refractivity contribution in [3.63, 3.8) is 0 Å². The van der Waals surface area contributed by atoms with Crippen molar-refractivity contribution in [2.45, 2.75) is 33.1 Å². The molecule has 0 N–H and O–H groups in total. The van der Waals surface area contributed by atoms with Gasteiger partial charge in [0.25, 0.3) is 0 Å². The molecule has 0 saturated carbocycles. The van der Waals surface area contributed by atoms with Gasteiger partial charge < -0.3 is 9.47 Å². The zero-order chi connectivity index (χ0) is 17.9. The summed E-state index contributed by atoms with van der Waals surface area (Å²) < 4.78 is 10.1. The third kappa shape index (κ3) is 6.24. The monoisotopic (exact) mass is 328 g/mol. The minimum absolute atomic E-state index is 0.213. The van der Waals surface area contributed by atoms with E-state index in [1.54, 1.807) is 19.1 Å². The summed E-state index contributed by atoms with van der Waals surface area (Å²) in [6.45, 7) is 7.34. The molecule has 0 heterocycles. The van der Waals surface area contributed by atoms with Crippen LogP contribution in [0.4, 0.5) is 0 Å². The summed E-state index contributed by atoms with van der Waals surface area (Å²) in [6.07, 6.45) is 5.61. The molecular formula is C20H24O4. The van der Waals surface area contributed by atoms with Crippen molar-refractivity contribution >= 4 is 18.0 Å². The van der Waals surface area contributed by atoms with Crippen LogP contribution in [0.1, 0.15) is 38.7 Å². The molecule has 128 valence electrons. The number of carbonyl (C=O) groups is 2. The van der Waals surface area contributed by atoms with Crippen molar-refractivity contribution in [2.75, 3.05) is 7.11 Å². The van der Waals surface area contributed by atoms with Crippen LogP contribution in [0.2, 0.25) is 0 Å². The van der Waals surface area contributed by atoms with E-state index in [-0.39, 0.29) is 5.57 Å². The number of methoxy groups -OCH3 is 1. The van der Waals surface area contributed by atoms with Gasteiger partial charge in [-0.1, -0.05) is 56.3 Å². The standard InChI is InChI=1S/C20H24O4/c1-5-6-12-18(16(3)20(22)23-4)24-19(21)15(2)13-14-17-10-8-7-9-11-17/h7-11,13-14H,2,5-6,12H2,1,3-4H3. The summed E-state index contributed by atoms with van der Waals surface area (Å²) >= 11 is 0. The molecule has 0 bridgehead atoms. The van der Waals surface area contributed by atoms with E-state index in [0.29, 0.717) is 17.8 Å². The molecule has 1 aromatic carbocycles. The van der Waals surface area contributed by atoms with Crippen molar-refractivity contribution < 1.29 is 19.1 Å². The second-order valence-electron chi connectivity index (χ2n) is 5.30. The molecule has 0 radical (unpaired) electrons. The summed E-state index contributed by atoms with van der Waals surface area (Å²) in [5.41, 5.74) is 1.48. The van der Waals surface area contributed by atoms with Crippen LogP contribution in [-0.2, 0) is 19.1 Å². The first-order valence-electron chi connectivity index (χ1n) is 7.91. The zero-order valence-electron chi connectivity index (χ0n) is 14.5. The Morgan fingerprint density at radius 3 is 2.42 bits per heavy atom. The highest BCUT2D eigenvalue weighted by Gasteiger charge is 2.16. The van der Waals surface area contributed by atoms with E-state index in [0.717, 1.165) is 18.4 Å². The number of unbranched alkanes of at least 4 members (excludes halogenated alkanes) is 1. The van der Waals surface area contributed by atoms with Gasteiger partial charge >= 0.3 is 11.9 Å². The fourth-order valence-electron chi connectivity index (χ4n) is 1.93. The predicted molar refractivity (Wildman–Crippen MR) is 94.9 cm³/mol. The molecular weight excluding hydrogens is 304 g/mol. The van der Waals surface area contributed by atoms with Crippen LogP contribution < -0.4 is 0 Å². The number of allylic oxidation sites excluding steroid dienone is 1. The van der Waals surface area contributed by atoms with Gasteiger partial charge in [-0.25, -0.2) is 9.59 Å². The van der Waals surface area contributed by atoms with Gasteiger partial charge in [-0.15, -0.1) is 0 Å². The summed E-state index contributed by atoms with van der Waals surface area (Å²) in [5.74, 6) is -0.737. The van der Waals surface area contributed by atoms with E-state index in [1.807, 2.05) is 37.3 Å². The molecule has 0 aliphatic carbocycles. The second kappa shape index (κ2) is 10.2. The van der Waals surface area contributed by atoms with Gasteiger partial charge in [0, 0.05) is 6.42 Å². The van der Waals surface area contributed by atoms with Crippen molar-refractivity contribution in [1.82, 2.24) is 0 Å². The highest BCUT2D eigenvalue weighted by Crippen LogP contribution is 2.17. The van der Waals surface area contributed by atoms with Crippen LogP contribution in [0.5, 0.6) is 0 Å². The molecule has 0 aliphatic rings. The molecule has 0 aliphatic heterocycles. The molecule has 0 unspecified atom stereocenters. The van der Waals surface area contributed by atoms with Gasteiger partial charge in [-0.05, 0) is 25.0 Å². The molecule has 4 heteroatoms. The maximum atomic E-state index is 12.2. The molecule has 0 atom stereocenters. The predicted octanol–water partition coefficient (Wildman–Crippen LogP) is 4.44. The Morgan fingerprint density at radius 1 is 1.17 bits per heavy atom. The Balaban J connectivity index is 2.82. The van der Waals surface area contributed by atoms with Crippen molar-refractivity contribution in [2.24, 2.45) is 0 Å². The third-order valence-electron chi connectivity index (χ3n) is 3.42. The number of hydrogen-bond acceptors (Lipinski definition) is 4. The average Bonchev–Trinajstić information content (AvgIpc) is 2.62. The van der Waals surface area contributed by atoms with Crippen molar-refractivity contribution in [3.05, 3.63) is 65.5 Å². The fourth-order valence-corrected chi connectivity index (χ4v) is 1.93. The highest BCUT2D eigenvalue weighted by molar-refractivity contribution is 5.94. The van der Waals surface area contributed by atoms with E-state index in [4.69, 9.17) is 9.47 Å². The molecule has 1 aromatic rings. The Bertz CT molecular complexity index is 639. The first kappa shape index (κ1) is 19.4. The Hall–Kier alpha value is -2.62. The number of benzene rings is 1. The van der Waals surface area contributed by atoms with Crippen LogP contribution in [0.25, 0.3) is 6.08 Å². The van der Waals surface area contributed by atoms with Crippen LogP contribution in [0.3, 0.4) is 0 Å². The SMILES string of the molecule is C=C(C=Cc1ccccc1)C(=O)OC(CCCC)=C(C)C(=O)OC. The van der Waals surface area contributed by atoms with Crippen LogP contribution in [-0.4, -0.2) is 19.0 Å². The fraction of sp³-hybridized carbons (Fsp3) is 0.300. The summed E-state index contributed by atoms with van der Waals surface area (Å²) in [6, 6.07) is 9.57. The first-order valence-corrected chi connectivity index (χ1v) is 7.91. The van der Waals surface area contributed by atoms with Gasteiger partial charge in [0.05, 0.1) is 18.3 Å². The lowest BCUT2D eigenvalue weighted by Crippen LogP contribution is -2.12. The van der Waals surface area contributed by atoms with E-state index in [2.05, 4.69) is 6.58 Å². The van der Waals surface area contributed by atoms with Gasteiger partial charge in [0.15, 0.2) is 0 Å². The summed E-state index contributed by atoms with van der Waals surface area (Å²) in [4.78, 5) is 23.9. The van der Waals surface area contributed by atoms with E-state index in [1.165, 1.54) is 7.11 Å². The molecule has 24 heavy (non-hydrogen) atoms. The number of rotatable bonds is 8. The molecule has 0 amide bonds. The van der Waals surface area contributed by atoms with Gasteiger partial charge in [0.2, 0.25) is 0 Å². The van der Waals surface area contributed by atoms with Gasteiger partial charge in [0.1, 0.15) is 5.76 Å². The number of hydrogen-bond donors (Lipinski definition) is 0. The lowest BCUT2D eigenvalue weighted by atomic mass is 10.1. The van der Waals surface area contributed by atoms with Crippen LogP contribution in [0, 0.1) is 0 Å². The smallest absolute Gasteiger partial charge is 0.342 e. The zero-order valence-corrected chi connectivity index (χ0v) is 14.5. The maximum Gasteiger partial charge on any atom is 0.342 e. The van der Waals surface area contributed by atoms with Crippen molar-refractivity contribution in [1.29, 1.82) is 0 Å². The number of carbonyl (C=O) groups excluding carboxylic acids is 2. The average molecular weight is 328 g/mol. The lowest BCUT2D eigenvalue weighted by molar-refractivity contribution is -0.137. The minimum Gasteiger partial charge on any atom is -0.466 e. The molecule has 0 saturated heterocycles. The number of esters is 2. The van der Waals surface area contributed by atoms with Gasteiger partial charge in [-0.3, -0.25) is 0 Å². The second-order valence-corrected chi connectivity index (χ2v) is 5.30. The third-order valence-corrected chi connectivity index (χ3v) is 3.42. The molecule has 1 rings (SSSR count). The van der Waals surface area contributed by atoms with Crippen molar-refractivity contribution in [3.8, 4) is 0 Å². The largest absolute Gasteiger partial charge is 0.466 e. The van der Waals surface area contributed by atoms with E-state index >= 15 is 0 Å². The van der Waals surface area contributed by atoms with Crippen LogP contribution >= 0.6 is 0 Å². The van der Waals surface area contributed by atoms with E-state index in [9.17, 15) is 9.59 Å². The normalized spacial score (nSPS) is 11.8. The highest BCUT2D eigenvalue weighted by atomic mass is 16.5. The lowest BCUT2D eigenvalue weighted by Gasteiger charge is -2.11. The molecule has 4 nitrogen and oxygen atoms in total. The quantitative estimate of drug-likeness (QED) is 0.306. The first-order chi connectivity index (χ1) is 11.5. The number of ether oxygens (including phenoxy) is 2. The molecule has 0 aromatic heterocycles. The van der Waals surface area contributed by atoms with Crippen LogP contribution in [0.15, 0.2) is 59.9 Å². The topological polar surface area (TPSA) is 52.6 Å². The minimum atomic E-state index is -0.573. The maximum absolute atomic E-state index is 12.2. The Labute approximate surface area is 143 Å². The molecule has 0 fully saturated rings.